The van der Waals surface area contributed by atoms with Crippen molar-refractivity contribution < 1.29 is 0 Å². The maximum atomic E-state index is 4.46. The van der Waals surface area contributed by atoms with Crippen LogP contribution in [0.25, 0.3) is 0 Å². The van der Waals surface area contributed by atoms with Gasteiger partial charge in [0.15, 0.2) is 0 Å². The molecule has 82 valence electrons. The van der Waals surface area contributed by atoms with Crippen molar-refractivity contribution in [2.75, 3.05) is 13.1 Å². The minimum Gasteiger partial charge on any atom is -0.316 e. The molecule has 15 heavy (non-hydrogen) atoms. The summed E-state index contributed by atoms with van der Waals surface area (Å²) in [5.74, 6) is 0.590. The highest BCUT2D eigenvalue weighted by molar-refractivity contribution is 5.26. The fourth-order valence-electron chi connectivity index (χ4n) is 2.36. The lowest BCUT2D eigenvalue weighted by atomic mass is 9.92. The van der Waals surface area contributed by atoms with Crippen LogP contribution in [0.2, 0.25) is 0 Å². The molecule has 1 atom stereocenters. The van der Waals surface area contributed by atoms with E-state index in [0.717, 1.165) is 19.5 Å². The van der Waals surface area contributed by atoms with Gasteiger partial charge in [-0.05, 0) is 38.3 Å². The van der Waals surface area contributed by atoms with E-state index in [1.807, 2.05) is 0 Å². The number of hydrogen-bond donors (Lipinski definition) is 1. The Balaban J connectivity index is 2.26. The van der Waals surface area contributed by atoms with E-state index in [4.69, 9.17) is 0 Å². The molecule has 1 aromatic heterocycles. The lowest BCUT2D eigenvalue weighted by Gasteiger charge is -2.23. The second-order valence-corrected chi connectivity index (χ2v) is 4.23. The summed E-state index contributed by atoms with van der Waals surface area (Å²) in [6.07, 6.45) is 5.24. The molecule has 2 rings (SSSR count). The number of nitrogens with one attached hydrogen (secondary N) is 1. The fourth-order valence-corrected chi connectivity index (χ4v) is 2.36. The molecule has 0 saturated carbocycles. The van der Waals surface area contributed by atoms with Crippen LogP contribution < -0.4 is 5.32 Å². The minimum absolute atomic E-state index is 0.590. The zero-order valence-corrected chi connectivity index (χ0v) is 9.58. The molecule has 1 saturated heterocycles. The minimum atomic E-state index is 0.590. The first-order chi connectivity index (χ1) is 7.33. The van der Waals surface area contributed by atoms with E-state index in [2.05, 4.69) is 29.1 Å². The smallest absolute Gasteiger partial charge is 0.115 e. The molecular weight excluding hydrogens is 186 g/mol. The topological polar surface area (TPSA) is 37.8 Å². The van der Waals surface area contributed by atoms with Crippen molar-refractivity contribution in [3.63, 3.8) is 0 Å². The van der Waals surface area contributed by atoms with Crippen LogP contribution in [0.5, 0.6) is 0 Å². The predicted octanol–water partition coefficient (Wildman–Crippen LogP) is 1.81. The van der Waals surface area contributed by atoms with Crippen molar-refractivity contribution in [2.24, 2.45) is 0 Å². The molecular formula is C12H19N3. The molecule has 0 aliphatic carbocycles. The number of hydrogen-bond acceptors (Lipinski definition) is 3. The molecule has 0 aromatic carbocycles. The Bertz CT molecular complexity index is 330. The Morgan fingerprint density at radius 3 is 3.00 bits per heavy atom. The van der Waals surface area contributed by atoms with Crippen LogP contribution in [0.1, 0.15) is 42.6 Å². The summed E-state index contributed by atoms with van der Waals surface area (Å²) in [6, 6.07) is 0. The highest BCUT2D eigenvalue weighted by Crippen LogP contribution is 2.24. The van der Waals surface area contributed by atoms with Crippen molar-refractivity contribution in [2.45, 2.75) is 39.0 Å². The van der Waals surface area contributed by atoms with E-state index in [1.165, 1.54) is 29.8 Å². The normalized spacial score (nSPS) is 21.6. The zero-order valence-electron chi connectivity index (χ0n) is 9.58. The van der Waals surface area contributed by atoms with Gasteiger partial charge in [0.05, 0.1) is 5.69 Å². The SMILES string of the molecule is CCc1ncnc(C2CCCNC2)c1C. The van der Waals surface area contributed by atoms with Gasteiger partial charge in [0, 0.05) is 18.2 Å². The first kappa shape index (κ1) is 10.6. The van der Waals surface area contributed by atoms with Crippen LogP contribution in [0.4, 0.5) is 0 Å². The Hall–Kier alpha value is -0.960. The van der Waals surface area contributed by atoms with Crippen molar-refractivity contribution in [3.05, 3.63) is 23.3 Å². The molecule has 2 heterocycles. The van der Waals surface area contributed by atoms with Crippen molar-refractivity contribution in [1.82, 2.24) is 15.3 Å². The van der Waals surface area contributed by atoms with Crippen LogP contribution in [0.15, 0.2) is 6.33 Å². The van der Waals surface area contributed by atoms with Crippen LogP contribution in [0.3, 0.4) is 0 Å². The van der Waals surface area contributed by atoms with Crippen molar-refractivity contribution >= 4 is 0 Å². The predicted molar refractivity (Wildman–Crippen MR) is 61.0 cm³/mol. The third-order valence-electron chi connectivity index (χ3n) is 3.25. The molecule has 0 radical (unpaired) electrons. The average Bonchev–Trinajstić information content (AvgIpc) is 2.30. The molecule has 1 unspecified atom stereocenters. The lowest BCUT2D eigenvalue weighted by molar-refractivity contribution is 0.452. The zero-order chi connectivity index (χ0) is 10.7. The monoisotopic (exact) mass is 205 g/mol. The van der Waals surface area contributed by atoms with E-state index in [9.17, 15) is 0 Å². The molecule has 1 N–H and O–H groups in total. The average molecular weight is 205 g/mol. The summed E-state index contributed by atoms with van der Waals surface area (Å²) in [5.41, 5.74) is 3.76. The van der Waals surface area contributed by atoms with Gasteiger partial charge in [-0.2, -0.15) is 0 Å². The molecule has 0 bridgehead atoms. The second kappa shape index (κ2) is 4.71. The number of nitrogens with zero attached hydrogens (tertiary/aromatic N) is 2. The third kappa shape index (κ3) is 2.17. The van der Waals surface area contributed by atoms with E-state index in [0.29, 0.717) is 5.92 Å². The van der Waals surface area contributed by atoms with E-state index in [1.54, 1.807) is 6.33 Å². The second-order valence-electron chi connectivity index (χ2n) is 4.23. The number of aryl methyl sites for hydroxylation is 1. The maximum Gasteiger partial charge on any atom is 0.115 e. The van der Waals surface area contributed by atoms with Crippen LogP contribution in [-0.2, 0) is 6.42 Å². The summed E-state index contributed by atoms with van der Waals surface area (Å²) in [6.45, 7) is 6.53. The van der Waals surface area contributed by atoms with Gasteiger partial charge >= 0.3 is 0 Å². The van der Waals surface area contributed by atoms with Gasteiger partial charge < -0.3 is 5.32 Å². The summed E-state index contributed by atoms with van der Waals surface area (Å²) in [4.78, 5) is 8.78. The molecule has 1 aliphatic heterocycles. The molecule has 3 heteroatoms. The molecule has 1 aliphatic rings. The number of aromatic nitrogens is 2. The summed E-state index contributed by atoms with van der Waals surface area (Å²) in [7, 11) is 0. The van der Waals surface area contributed by atoms with Crippen LogP contribution in [-0.4, -0.2) is 23.1 Å². The standard InChI is InChI=1S/C12H19N3/c1-3-11-9(2)12(15-8-14-11)10-5-4-6-13-7-10/h8,10,13H,3-7H2,1-2H3. The molecule has 3 nitrogen and oxygen atoms in total. The number of rotatable bonds is 2. The van der Waals surface area contributed by atoms with Gasteiger partial charge in [0.1, 0.15) is 6.33 Å². The van der Waals surface area contributed by atoms with E-state index >= 15 is 0 Å². The summed E-state index contributed by atoms with van der Waals surface area (Å²) in [5, 5.41) is 3.44. The van der Waals surface area contributed by atoms with Crippen LogP contribution in [0, 0.1) is 6.92 Å². The lowest BCUT2D eigenvalue weighted by Crippen LogP contribution is -2.29. The summed E-state index contributed by atoms with van der Waals surface area (Å²) >= 11 is 0. The Kier molecular flexibility index (Phi) is 3.31. The van der Waals surface area contributed by atoms with E-state index < -0.39 is 0 Å². The van der Waals surface area contributed by atoms with Gasteiger partial charge in [-0.1, -0.05) is 6.92 Å². The Morgan fingerprint density at radius 2 is 2.33 bits per heavy atom. The maximum absolute atomic E-state index is 4.46. The largest absolute Gasteiger partial charge is 0.316 e. The fraction of sp³-hybridized carbons (Fsp3) is 0.667. The van der Waals surface area contributed by atoms with Gasteiger partial charge in [0.2, 0.25) is 0 Å². The first-order valence-electron chi connectivity index (χ1n) is 5.84. The third-order valence-corrected chi connectivity index (χ3v) is 3.25. The number of piperidine rings is 1. The van der Waals surface area contributed by atoms with Crippen molar-refractivity contribution in [3.8, 4) is 0 Å². The van der Waals surface area contributed by atoms with Gasteiger partial charge in [0.25, 0.3) is 0 Å². The van der Waals surface area contributed by atoms with Crippen LogP contribution >= 0.6 is 0 Å². The first-order valence-corrected chi connectivity index (χ1v) is 5.84. The Morgan fingerprint density at radius 1 is 1.47 bits per heavy atom. The van der Waals surface area contributed by atoms with Gasteiger partial charge in [-0.25, -0.2) is 9.97 Å². The summed E-state index contributed by atoms with van der Waals surface area (Å²) < 4.78 is 0. The van der Waals surface area contributed by atoms with E-state index in [-0.39, 0.29) is 0 Å². The van der Waals surface area contributed by atoms with Gasteiger partial charge in [-0.15, -0.1) is 0 Å². The molecule has 1 aromatic rings. The molecule has 1 fully saturated rings. The quantitative estimate of drug-likeness (QED) is 0.800. The Labute approximate surface area is 91.3 Å². The van der Waals surface area contributed by atoms with Gasteiger partial charge in [-0.3, -0.25) is 0 Å². The molecule has 0 spiro atoms. The highest BCUT2D eigenvalue weighted by atomic mass is 14.9. The van der Waals surface area contributed by atoms with Crippen molar-refractivity contribution in [1.29, 1.82) is 0 Å². The molecule has 0 amide bonds. The highest BCUT2D eigenvalue weighted by Gasteiger charge is 2.19.